The van der Waals surface area contributed by atoms with E-state index in [0.29, 0.717) is 10.7 Å². The molecule has 23 heavy (non-hydrogen) atoms. The highest BCUT2D eigenvalue weighted by atomic mass is 32.1. The third-order valence-corrected chi connectivity index (χ3v) is 5.34. The molecule has 0 aromatic carbocycles. The van der Waals surface area contributed by atoms with Crippen LogP contribution in [0.2, 0.25) is 0 Å². The Balaban J connectivity index is 2.14. The van der Waals surface area contributed by atoms with Gasteiger partial charge in [-0.15, -0.1) is 11.3 Å². The molecule has 0 unspecified atom stereocenters. The van der Waals surface area contributed by atoms with Crippen molar-refractivity contribution in [3.05, 3.63) is 16.0 Å². The standard InChI is InChI=1S/C16H25N3O2S2/c1-19(2)10-9-17-16(22)18-14-13(15(20)21-3)11-7-5-4-6-8-12(11)23-14/h4-10H2,1-3H3,(H2,17,18,22). The number of ether oxygens (including phenoxy) is 1. The van der Waals surface area contributed by atoms with Gasteiger partial charge in [-0.1, -0.05) is 6.42 Å². The number of thiocarbonyl (C=S) groups is 1. The van der Waals surface area contributed by atoms with Crippen LogP contribution in [0.15, 0.2) is 0 Å². The van der Waals surface area contributed by atoms with Crippen molar-refractivity contribution < 1.29 is 9.53 Å². The van der Waals surface area contributed by atoms with Gasteiger partial charge in [-0.25, -0.2) is 4.79 Å². The highest BCUT2D eigenvalue weighted by Crippen LogP contribution is 2.37. The van der Waals surface area contributed by atoms with Gasteiger partial charge in [0.15, 0.2) is 5.11 Å². The number of hydrogen-bond acceptors (Lipinski definition) is 5. The summed E-state index contributed by atoms with van der Waals surface area (Å²) in [6.07, 6.45) is 5.50. The van der Waals surface area contributed by atoms with E-state index in [9.17, 15) is 4.79 Å². The molecule has 0 amide bonds. The fourth-order valence-electron chi connectivity index (χ4n) is 2.69. The second-order valence-corrected chi connectivity index (χ2v) is 7.46. The highest BCUT2D eigenvalue weighted by molar-refractivity contribution is 7.80. The summed E-state index contributed by atoms with van der Waals surface area (Å²) in [5.74, 6) is -0.275. The normalized spacial score (nSPS) is 14.1. The van der Waals surface area contributed by atoms with Crippen LogP contribution >= 0.6 is 23.6 Å². The molecule has 1 aliphatic carbocycles. The first-order valence-electron chi connectivity index (χ1n) is 7.95. The van der Waals surface area contributed by atoms with E-state index in [0.717, 1.165) is 42.9 Å². The molecule has 0 bridgehead atoms. The molecular weight excluding hydrogens is 330 g/mol. The Bertz CT molecular complexity index is 570. The number of hydrogen-bond donors (Lipinski definition) is 2. The number of thiophene rings is 1. The minimum Gasteiger partial charge on any atom is -0.465 e. The van der Waals surface area contributed by atoms with Crippen LogP contribution in [0.4, 0.5) is 5.00 Å². The zero-order valence-corrected chi connectivity index (χ0v) is 15.7. The maximum Gasteiger partial charge on any atom is 0.341 e. The fourth-order valence-corrected chi connectivity index (χ4v) is 4.24. The number of rotatable bonds is 5. The zero-order valence-electron chi connectivity index (χ0n) is 14.0. The van der Waals surface area contributed by atoms with Crippen LogP contribution in [-0.4, -0.2) is 50.3 Å². The van der Waals surface area contributed by atoms with Crippen molar-refractivity contribution in [2.45, 2.75) is 32.1 Å². The molecule has 1 aromatic heterocycles. The van der Waals surface area contributed by atoms with Crippen LogP contribution in [0.25, 0.3) is 0 Å². The number of nitrogens with zero attached hydrogens (tertiary/aromatic N) is 1. The van der Waals surface area contributed by atoms with E-state index in [1.807, 2.05) is 14.1 Å². The van der Waals surface area contributed by atoms with Crippen molar-refractivity contribution in [2.24, 2.45) is 0 Å². The largest absolute Gasteiger partial charge is 0.465 e. The number of carbonyl (C=O) groups excluding carboxylic acids is 1. The van der Waals surface area contributed by atoms with Crippen LogP contribution in [0, 0.1) is 0 Å². The third kappa shape index (κ3) is 4.89. The number of likely N-dealkylation sites (N-methyl/N-ethyl adjacent to an activating group) is 1. The van der Waals surface area contributed by atoms with Gasteiger partial charge in [0.05, 0.1) is 12.7 Å². The highest BCUT2D eigenvalue weighted by Gasteiger charge is 2.25. The van der Waals surface area contributed by atoms with E-state index in [-0.39, 0.29) is 5.97 Å². The second kappa shape index (κ2) is 8.61. The van der Waals surface area contributed by atoms with Crippen molar-refractivity contribution in [1.29, 1.82) is 0 Å². The van der Waals surface area contributed by atoms with Crippen LogP contribution in [0.5, 0.6) is 0 Å². The Morgan fingerprint density at radius 3 is 2.74 bits per heavy atom. The summed E-state index contributed by atoms with van der Waals surface area (Å²) < 4.78 is 4.99. The van der Waals surface area contributed by atoms with Gasteiger partial charge in [0.2, 0.25) is 0 Å². The Morgan fingerprint density at radius 2 is 2.04 bits per heavy atom. The van der Waals surface area contributed by atoms with Gasteiger partial charge in [0.1, 0.15) is 5.00 Å². The van der Waals surface area contributed by atoms with Gasteiger partial charge < -0.3 is 20.3 Å². The Kier molecular flexibility index (Phi) is 6.80. The summed E-state index contributed by atoms with van der Waals surface area (Å²) >= 11 is 6.99. The summed E-state index contributed by atoms with van der Waals surface area (Å²) in [5.41, 5.74) is 1.82. The smallest absolute Gasteiger partial charge is 0.341 e. The zero-order chi connectivity index (χ0) is 16.8. The average molecular weight is 356 g/mol. The van der Waals surface area contributed by atoms with Crippen LogP contribution in [0.1, 0.15) is 40.1 Å². The van der Waals surface area contributed by atoms with E-state index < -0.39 is 0 Å². The van der Waals surface area contributed by atoms with E-state index in [1.54, 1.807) is 11.3 Å². The van der Waals surface area contributed by atoms with Gasteiger partial charge >= 0.3 is 5.97 Å². The maximum atomic E-state index is 12.2. The van der Waals surface area contributed by atoms with Crippen molar-refractivity contribution in [3.8, 4) is 0 Å². The quantitative estimate of drug-likeness (QED) is 0.481. The number of carbonyl (C=O) groups is 1. The molecule has 5 nitrogen and oxygen atoms in total. The molecule has 2 rings (SSSR count). The molecule has 0 saturated carbocycles. The van der Waals surface area contributed by atoms with E-state index in [2.05, 4.69) is 15.5 Å². The lowest BCUT2D eigenvalue weighted by atomic mass is 10.1. The molecule has 7 heteroatoms. The molecule has 1 heterocycles. The molecule has 0 saturated heterocycles. The summed E-state index contributed by atoms with van der Waals surface area (Å²) in [6.45, 7) is 1.66. The second-order valence-electron chi connectivity index (χ2n) is 5.94. The number of methoxy groups -OCH3 is 1. The van der Waals surface area contributed by atoms with Crippen molar-refractivity contribution in [3.63, 3.8) is 0 Å². The summed E-state index contributed by atoms with van der Waals surface area (Å²) in [7, 11) is 5.47. The molecule has 0 atom stereocenters. The topological polar surface area (TPSA) is 53.6 Å². The minimum absolute atomic E-state index is 0.275. The third-order valence-electron chi connectivity index (χ3n) is 3.88. The maximum absolute atomic E-state index is 12.2. The van der Waals surface area contributed by atoms with Crippen LogP contribution in [0.3, 0.4) is 0 Å². The van der Waals surface area contributed by atoms with Gasteiger partial charge in [-0.3, -0.25) is 0 Å². The van der Waals surface area contributed by atoms with Gasteiger partial charge in [0, 0.05) is 18.0 Å². The van der Waals surface area contributed by atoms with Gasteiger partial charge in [-0.05, 0) is 57.6 Å². The Morgan fingerprint density at radius 1 is 1.30 bits per heavy atom. The van der Waals surface area contributed by atoms with Crippen molar-refractivity contribution in [1.82, 2.24) is 10.2 Å². The summed E-state index contributed by atoms with van der Waals surface area (Å²) in [4.78, 5) is 15.6. The van der Waals surface area contributed by atoms with Crippen LogP contribution < -0.4 is 10.6 Å². The van der Waals surface area contributed by atoms with Gasteiger partial charge in [0.25, 0.3) is 0 Å². The molecular formula is C16H25N3O2S2. The molecule has 0 fully saturated rings. The molecule has 0 radical (unpaired) electrons. The molecule has 0 aliphatic heterocycles. The molecule has 1 aromatic rings. The van der Waals surface area contributed by atoms with E-state index in [1.165, 1.54) is 24.8 Å². The first kappa shape index (κ1) is 18.2. The van der Waals surface area contributed by atoms with E-state index >= 15 is 0 Å². The summed E-state index contributed by atoms with van der Waals surface area (Å²) in [5, 5.41) is 7.73. The lowest BCUT2D eigenvalue weighted by Crippen LogP contribution is -2.34. The first-order valence-corrected chi connectivity index (χ1v) is 9.17. The molecule has 2 N–H and O–H groups in total. The number of fused-ring (bicyclic) bond motifs is 1. The number of anilines is 1. The lowest BCUT2D eigenvalue weighted by molar-refractivity contribution is 0.0601. The minimum atomic E-state index is -0.275. The predicted octanol–water partition coefficient (Wildman–Crippen LogP) is 2.65. The van der Waals surface area contributed by atoms with Crippen molar-refractivity contribution >= 4 is 39.6 Å². The number of esters is 1. The monoisotopic (exact) mass is 355 g/mol. The van der Waals surface area contributed by atoms with Crippen LogP contribution in [-0.2, 0) is 17.6 Å². The molecule has 128 valence electrons. The van der Waals surface area contributed by atoms with Crippen molar-refractivity contribution in [2.75, 3.05) is 39.6 Å². The van der Waals surface area contributed by atoms with Gasteiger partial charge in [-0.2, -0.15) is 0 Å². The lowest BCUT2D eigenvalue weighted by Gasteiger charge is -2.13. The number of aryl methyl sites for hydroxylation is 1. The summed E-state index contributed by atoms with van der Waals surface area (Å²) in [6, 6.07) is 0. The molecule has 0 spiro atoms. The Hall–Kier alpha value is -1.18. The number of nitrogens with one attached hydrogen (secondary N) is 2. The predicted molar refractivity (Wildman–Crippen MR) is 99.7 cm³/mol. The van der Waals surface area contributed by atoms with E-state index in [4.69, 9.17) is 17.0 Å². The fraction of sp³-hybridized carbons (Fsp3) is 0.625. The molecule has 1 aliphatic rings. The SMILES string of the molecule is COC(=O)c1c(NC(=S)NCCN(C)C)sc2c1CCCCC2. The first-order chi connectivity index (χ1) is 11.0. The Labute approximate surface area is 147 Å². The average Bonchev–Trinajstić information content (AvgIpc) is 2.67.